The van der Waals surface area contributed by atoms with Crippen LogP contribution in [0, 0.1) is 0 Å². The molecular formula is C30H25NO7. The number of carbonyl (C=O) groups excluding carboxylic acids is 2. The van der Waals surface area contributed by atoms with E-state index in [9.17, 15) is 9.59 Å². The smallest absolute Gasteiger partial charge is 0.343 e. The topological polar surface area (TPSA) is 92.7 Å². The average Bonchev–Trinajstić information content (AvgIpc) is 2.97. The number of methoxy groups -OCH3 is 3. The van der Waals surface area contributed by atoms with Crippen molar-refractivity contribution in [2.75, 3.05) is 21.3 Å². The molecule has 0 bridgehead atoms. The van der Waals surface area contributed by atoms with Crippen molar-refractivity contribution in [1.29, 1.82) is 0 Å². The molecule has 0 N–H and O–H groups in total. The van der Waals surface area contributed by atoms with Gasteiger partial charge < -0.3 is 23.7 Å². The Hall–Kier alpha value is -5.11. The van der Waals surface area contributed by atoms with Crippen molar-refractivity contribution in [1.82, 2.24) is 0 Å². The number of nitrogens with zero attached hydrogens (tertiary/aromatic N) is 1. The highest BCUT2D eigenvalue weighted by Crippen LogP contribution is 2.27. The van der Waals surface area contributed by atoms with Crippen LogP contribution in [0.15, 0.2) is 96.0 Å². The summed E-state index contributed by atoms with van der Waals surface area (Å²) in [6, 6.07) is 24.9. The molecule has 4 aromatic carbocycles. The van der Waals surface area contributed by atoms with Crippen molar-refractivity contribution in [3.63, 3.8) is 0 Å². The molecule has 0 spiro atoms. The third-order valence-corrected chi connectivity index (χ3v) is 5.47. The van der Waals surface area contributed by atoms with E-state index in [1.54, 1.807) is 112 Å². The van der Waals surface area contributed by atoms with Crippen molar-refractivity contribution < 1.29 is 33.3 Å². The monoisotopic (exact) mass is 511 g/mol. The second kappa shape index (κ2) is 12.2. The first-order chi connectivity index (χ1) is 18.5. The molecule has 0 aliphatic heterocycles. The van der Waals surface area contributed by atoms with E-state index in [1.807, 2.05) is 0 Å². The zero-order valence-electron chi connectivity index (χ0n) is 21.0. The van der Waals surface area contributed by atoms with Gasteiger partial charge in [-0.1, -0.05) is 0 Å². The molecule has 0 fully saturated rings. The van der Waals surface area contributed by atoms with Crippen LogP contribution in [0.5, 0.6) is 28.7 Å². The van der Waals surface area contributed by atoms with E-state index in [-0.39, 0.29) is 11.5 Å². The standard InChI is InChI=1S/C30H25NO7/c1-34-24-11-4-20(5-12-24)29(32)37-27-15-8-22(19-31-23-9-16-26(36-3)17-10-23)28(18-27)38-30(33)21-6-13-25(35-2)14-7-21/h4-19H,1-3H3. The van der Waals surface area contributed by atoms with Gasteiger partial charge in [-0.25, -0.2) is 9.59 Å². The molecule has 0 aliphatic rings. The molecule has 0 aromatic heterocycles. The molecule has 8 nitrogen and oxygen atoms in total. The molecule has 0 amide bonds. The summed E-state index contributed by atoms with van der Waals surface area (Å²) < 4.78 is 26.7. The Bertz CT molecular complexity index is 1430. The third kappa shape index (κ3) is 6.55. The van der Waals surface area contributed by atoms with E-state index in [1.165, 1.54) is 6.07 Å². The maximum absolute atomic E-state index is 12.9. The fraction of sp³-hybridized carbons (Fsp3) is 0.100. The Balaban J connectivity index is 1.60. The number of carbonyl (C=O) groups is 2. The number of hydrogen-bond acceptors (Lipinski definition) is 8. The highest BCUT2D eigenvalue weighted by atomic mass is 16.5. The number of benzene rings is 4. The normalized spacial score (nSPS) is 10.6. The minimum absolute atomic E-state index is 0.170. The molecule has 0 aliphatic carbocycles. The second-order valence-electron chi connectivity index (χ2n) is 7.89. The Labute approximate surface area is 220 Å². The van der Waals surface area contributed by atoms with Crippen LogP contribution < -0.4 is 23.7 Å². The fourth-order valence-corrected chi connectivity index (χ4v) is 3.36. The van der Waals surface area contributed by atoms with Crippen molar-refractivity contribution in [3.8, 4) is 28.7 Å². The van der Waals surface area contributed by atoms with Gasteiger partial charge in [0, 0.05) is 17.8 Å². The van der Waals surface area contributed by atoms with Crippen molar-refractivity contribution in [3.05, 3.63) is 108 Å². The van der Waals surface area contributed by atoms with Gasteiger partial charge in [-0.2, -0.15) is 0 Å². The summed E-state index contributed by atoms with van der Waals surface area (Å²) in [5, 5.41) is 0. The summed E-state index contributed by atoms with van der Waals surface area (Å²) in [5.41, 5.74) is 1.84. The zero-order valence-corrected chi connectivity index (χ0v) is 21.0. The molecule has 4 rings (SSSR count). The fourth-order valence-electron chi connectivity index (χ4n) is 3.36. The lowest BCUT2D eigenvalue weighted by Gasteiger charge is -2.11. The summed E-state index contributed by atoms with van der Waals surface area (Å²) in [4.78, 5) is 30.0. The first-order valence-corrected chi connectivity index (χ1v) is 11.5. The largest absolute Gasteiger partial charge is 0.497 e. The molecule has 4 aromatic rings. The van der Waals surface area contributed by atoms with Crippen LogP contribution in [0.1, 0.15) is 26.3 Å². The molecule has 0 unspecified atom stereocenters. The van der Waals surface area contributed by atoms with Crippen molar-refractivity contribution >= 4 is 23.8 Å². The summed E-state index contributed by atoms with van der Waals surface area (Å²) in [6.07, 6.45) is 1.56. The number of esters is 2. The number of aliphatic imine (C=N–C) groups is 1. The van der Waals surface area contributed by atoms with Crippen LogP contribution in [0.3, 0.4) is 0 Å². The van der Waals surface area contributed by atoms with Gasteiger partial charge in [-0.05, 0) is 84.9 Å². The Morgan fingerprint density at radius 1 is 0.579 bits per heavy atom. The molecule has 0 heterocycles. The molecule has 0 saturated carbocycles. The van der Waals surface area contributed by atoms with Crippen LogP contribution >= 0.6 is 0 Å². The highest BCUT2D eigenvalue weighted by molar-refractivity contribution is 5.94. The number of ether oxygens (including phenoxy) is 5. The van der Waals surface area contributed by atoms with E-state index in [4.69, 9.17) is 23.7 Å². The molecule has 0 radical (unpaired) electrons. The second-order valence-corrected chi connectivity index (χ2v) is 7.89. The summed E-state index contributed by atoms with van der Waals surface area (Å²) >= 11 is 0. The molecule has 38 heavy (non-hydrogen) atoms. The predicted octanol–water partition coefficient (Wildman–Crippen LogP) is 5.90. The van der Waals surface area contributed by atoms with Gasteiger partial charge in [0.2, 0.25) is 0 Å². The molecule has 8 heteroatoms. The predicted molar refractivity (Wildman–Crippen MR) is 143 cm³/mol. The maximum atomic E-state index is 12.9. The number of hydrogen-bond donors (Lipinski definition) is 0. The van der Waals surface area contributed by atoms with E-state index >= 15 is 0 Å². The van der Waals surface area contributed by atoms with Crippen molar-refractivity contribution in [2.24, 2.45) is 4.99 Å². The number of rotatable bonds is 9. The Morgan fingerprint density at radius 3 is 1.53 bits per heavy atom. The molecule has 0 saturated heterocycles. The quantitative estimate of drug-likeness (QED) is 0.157. The van der Waals surface area contributed by atoms with Gasteiger partial charge >= 0.3 is 11.9 Å². The summed E-state index contributed by atoms with van der Waals surface area (Å²) in [6.45, 7) is 0. The lowest BCUT2D eigenvalue weighted by Crippen LogP contribution is -2.11. The van der Waals surface area contributed by atoms with Crippen LogP contribution in [-0.2, 0) is 0 Å². The highest BCUT2D eigenvalue weighted by Gasteiger charge is 2.15. The van der Waals surface area contributed by atoms with Crippen LogP contribution in [0.25, 0.3) is 0 Å². The third-order valence-electron chi connectivity index (χ3n) is 5.47. The van der Waals surface area contributed by atoms with E-state index in [2.05, 4.69) is 4.99 Å². The van der Waals surface area contributed by atoms with Crippen LogP contribution in [0.4, 0.5) is 5.69 Å². The minimum atomic E-state index is -0.592. The van der Waals surface area contributed by atoms with Crippen molar-refractivity contribution in [2.45, 2.75) is 0 Å². The van der Waals surface area contributed by atoms with E-state index < -0.39 is 11.9 Å². The first-order valence-electron chi connectivity index (χ1n) is 11.5. The van der Waals surface area contributed by atoms with Crippen LogP contribution in [0.2, 0.25) is 0 Å². The summed E-state index contributed by atoms with van der Waals surface area (Å²) in [5.74, 6) is 1.15. The lowest BCUT2D eigenvalue weighted by molar-refractivity contribution is 0.0732. The average molecular weight is 512 g/mol. The van der Waals surface area contributed by atoms with E-state index in [0.29, 0.717) is 39.6 Å². The van der Waals surface area contributed by atoms with Gasteiger partial charge in [0.05, 0.1) is 38.1 Å². The Morgan fingerprint density at radius 2 is 1.03 bits per heavy atom. The van der Waals surface area contributed by atoms with Gasteiger partial charge in [0.15, 0.2) is 0 Å². The zero-order chi connectivity index (χ0) is 26.9. The summed E-state index contributed by atoms with van der Waals surface area (Å²) in [7, 11) is 4.67. The van der Waals surface area contributed by atoms with Gasteiger partial charge in [0.25, 0.3) is 0 Å². The Kier molecular flexibility index (Phi) is 8.35. The first kappa shape index (κ1) is 26.0. The van der Waals surface area contributed by atoms with Crippen LogP contribution in [-0.4, -0.2) is 39.5 Å². The van der Waals surface area contributed by atoms with Gasteiger partial charge in [-0.15, -0.1) is 0 Å². The SMILES string of the molecule is COc1ccc(N=Cc2ccc(OC(=O)c3ccc(OC)cc3)cc2OC(=O)c2ccc(OC)cc2)cc1. The minimum Gasteiger partial charge on any atom is -0.497 e. The maximum Gasteiger partial charge on any atom is 0.343 e. The molecule has 0 atom stereocenters. The molecule has 192 valence electrons. The van der Waals surface area contributed by atoms with Gasteiger partial charge in [-0.3, -0.25) is 4.99 Å². The van der Waals surface area contributed by atoms with E-state index in [0.717, 1.165) is 0 Å². The van der Waals surface area contributed by atoms with Gasteiger partial charge in [0.1, 0.15) is 28.7 Å². The molecular weight excluding hydrogens is 486 g/mol. The lowest BCUT2D eigenvalue weighted by atomic mass is 10.2.